The SMILES string of the molecule is CCC.CCc1cc(P2CCNCC2)ccc1NCC#Cc1cc2c(N)cccn2c1SC(F)(F)F. The van der Waals surface area contributed by atoms with E-state index in [-0.39, 0.29) is 24.7 Å². The first-order valence-corrected chi connectivity index (χ1v) is 14.8. The Bertz CT molecular complexity index is 1210. The van der Waals surface area contributed by atoms with Gasteiger partial charge in [0, 0.05) is 23.6 Å². The molecule has 0 atom stereocenters. The third-order valence-corrected chi connectivity index (χ3v) is 8.93. The van der Waals surface area contributed by atoms with Crippen molar-refractivity contribution < 1.29 is 13.2 Å². The number of nitrogens with two attached hydrogens (primary N) is 1. The first-order valence-electron chi connectivity index (χ1n) is 12.2. The number of thioether (sulfide) groups is 1. The summed E-state index contributed by atoms with van der Waals surface area (Å²) < 4.78 is 40.9. The summed E-state index contributed by atoms with van der Waals surface area (Å²) in [4.78, 5) is 0. The van der Waals surface area contributed by atoms with Crippen molar-refractivity contribution in [3.63, 3.8) is 0 Å². The van der Waals surface area contributed by atoms with Gasteiger partial charge < -0.3 is 20.8 Å². The molecule has 0 amide bonds. The van der Waals surface area contributed by atoms with Gasteiger partial charge in [-0.3, -0.25) is 0 Å². The molecule has 0 saturated carbocycles. The molecule has 1 aliphatic heterocycles. The lowest BCUT2D eigenvalue weighted by molar-refractivity contribution is -0.0329. The van der Waals surface area contributed by atoms with Crippen LogP contribution >= 0.6 is 19.7 Å². The lowest BCUT2D eigenvalue weighted by atomic mass is 10.1. The zero-order chi connectivity index (χ0) is 26.1. The second kappa shape index (κ2) is 13.3. The minimum absolute atomic E-state index is 0.0279. The maximum Gasteiger partial charge on any atom is 0.447 e. The van der Waals surface area contributed by atoms with E-state index in [9.17, 15) is 13.2 Å². The van der Waals surface area contributed by atoms with Gasteiger partial charge in [-0.15, -0.1) is 0 Å². The van der Waals surface area contributed by atoms with Gasteiger partial charge in [-0.25, -0.2) is 0 Å². The van der Waals surface area contributed by atoms with Crippen molar-refractivity contribution >= 4 is 41.9 Å². The molecule has 1 fully saturated rings. The number of alkyl halides is 3. The van der Waals surface area contributed by atoms with E-state index in [2.05, 4.69) is 61.4 Å². The molecule has 36 heavy (non-hydrogen) atoms. The number of hydrogen-bond acceptors (Lipinski definition) is 4. The smallest absolute Gasteiger partial charge is 0.397 e. The standard InChI is InChI=1S/C24H26F3N4PS.C3H8/c1-2-17-15-19(32-13-10-29-11-14-32)7-8-21(17)30-9-3-5-18-16-22-20(28)6-4-12-31(22)23(18)33-24(25,26)27;1-3-2/h4,6-8,12,15-16,29-30H,2,9-11,13-14,28H2,1H3;3H2,1-2H3. The number of fused-ring (bicyclic) bond motifs is 1. The number of benzene rings is 1. The number of nitrogens with one attached hydrogen (secondary N) is 2. The fourth-order valence-electron chi connectivity index (χ4n) is 3.94. The highest BCUT2D eigenvalue weighted by atomic mass is 32.2. The molecule has 0 spiro atoms. The zero-order valence-electron chi connectivity index (χ0n) is 21.0. The summed E-state index contributed by atoms with van der Waals surface area (Å²) in [6, 6.07) is 11.5. The number of anilines is 2. The molecule has 4 rings (SSSR count). The molecule has 0 unspecified atom stereocenters. The lowest BCUT2D eigenvalue weighted by Gasteiger charge is -2.24. The third-order valence-electron chi connectivity index (χ3n) is 5.55. The molecule has 4 N–H and O–H groups in total. The van der Waals surface area contributed by atoms with Gasteiger partial charge >= 0.3 is 5.51 Å². The van der Waals surface area contributed by atoms with E-state index in [4.69, 9.17) is 5.73 Å². The van der Waals surface area contributed by atoms with Crippen molar-refractivity contribution in [3.05, 3.63) is 53.7 Å². The zero-order valence-corrected chi connectivity index (χ0v) is 22.7. The number of halogens is 3. The highest BCUT2D eigenvalue weighted by molar-refractivity contribution is 8.00. The van der Waals surface area contributed by atoms with Crippen LogP contribution in [0.5, 0.6) is 0 Å². The molecule has 194 valence electrons. The quantitative estimate of drug-likeness (QED) is 0.205. The largest absolute Gasteiger partial charge is 0.447 e. The van der Waals surface area contributed by atoms with Crippen LogP contribution in [0.3, 0.4) is 0 Å². The predicted octanol–water partition coefficient (Wildman–Crippen LogP) is 6.29. The molecule has 1 saturated heterocycles. The van der Waals surface area contributed by atoms with Gasteiger partial charge in [-0.1, -0.05) is 53.0 Å². The summed E-state index contributed by atoms with van der Waals surface area (Å²) in [5.41, 5.74) is 5.06. The van der Waals surface area contributed by atoms with Crippen LogP contribution in [0.25, 0.3) is 5.52 Å². The molecule has 3 heterocycles. The number of aromatic nitrogens is 1. The van der Waals surface area contributed by atoms with Crippen LogP contribution in [0.4, 0.5) is 24.5 Å². The van der Waals surface area contributed by atoms with E-state index in [1.165, 1.54) is 34.0 Å². The fourth-order valence-corrected chi connectivity index (χ4v) is 6.86. The summed E-state index contributed by atoms with van der Waals surface area (Å²) in [6.07, 6.45) is 6.15. The highest BCUT2D eigenvalue weighted by Gasteiger charge is 2.32. The van der Waals surface area contributed by atoms with Gasteiger partial charge in [0.2, 0.25) is 0 Å². The first-order chi connectivity index (χ1) is 17.3. The topological polar surface area (TPSA) is 54.5 Å². The summed E-state index contributed by atoms with van der Waals surface area (Å²) in [6.45, 7) is 8.88. The number of nitrogens with zero attached hydrogens (tertiary/aromatic N) is 1. The van der Waals surface area contributed by atoms with Gasteiger partial charge in [-0.05, 0) is 73.0 Å². The van der Waals surface area contributed by atoms with E-state index in [0.717, 1.165) is 25.2 Å². The van der Waals surface area contributed by atoms with Crippen LogP contribution in [-0.2, 0) is 6.42 Å². The third kappa shape index (κ3) is 7.59. The van der Waals surface area contributed by atoms with E-state index in [0.29, 0.717) is 23.3 Å². The van der Waals surface area contributed by atoms with Crippen molar-refractivity contribution in [3.8, 4) is 11.8 Å². The average Bonchev–Trinajstić information content (AvgIpc) is 3.20. The number of rotatable bonds is 5. The van der Waals surface area contributed by atoms with Gasteiger partial charge in [0.15, 0.2) is 0 Å². The van der Waals surface area contributed by atoms with E-state index < -0.39 is 5.51 Å². The number of nitrogen functional groups attached to an aromatic ring is 1. The number of aryl methyl sites for hydroxylation is 1. The maximum absolute atomic E-state index is 13.1. The van der Waals surface area contributed by atoms with Gasteiger partial charge in [0.05, 0.1) is 23.3 Å². The normalized spacial score (nSPS) is 14.1. The van der Waals surface area contributed by atoms with Crippen LogP contribution in [0.15, 0.2) is 47.6 Å². The average molecular weight is 535 g/mol. The molecule has 0 radical (unpaired) electrons. The molecular weight excluding hydrogens is 500 g/mol. The summed E-state index contributed by atoms with van der Waals surface area (Å²) >= 11 is -0.170. The van der Waals surface area contributed by atoms with Crippen LogP contribution in [0, 0.1) is 11.8 Å². The second-order valence-corrected chi connectivity index (χ2v) is 12.0. The second-order valence-electron chi connectivity index (χ2n) is 8.42. The first kappa shape index (κ1) is 28.2. The molecule has 0 aliphatic carbocycles. The number of hydrogen-bond donors (Lipinski definition) is 3. The summed E-state index contributed by atoms with van der Waals surface area (Å²) in [7, 11) is -0.101. The van der Waals surface area contributed by atoms with Crippen molar-refractivity contribution in [2.24, 2.45) is 0 Å². The maximum atomic E-state index is 13.1. The van der Waals surface area contributed by atoms with Crippen LogP contribution in [0.1, 0.15) is 38.3 Å². The monoisotopic (exact) mass is 534 g/mol. The Labute approximate surface area is 217 Å². The Kier molecular flexibility index (Phi) is 10.4. The van der Waals surface area contributed by atoms with Gasteiger partial charge in [0.1, 0.15) is 5.03 Å². The molecule has 9 heteroatoms. The Hall–Kier alpha value is -2.33. The minimum atomic E-state index is -4.42. The Morgan fingerprint density at radius 1 is 1.14 bits per heavy atom. The molecule has 3 aromatic rings. The van der Waals surface area contributed by atoms with E-state index >= 15 is 0 Å². The van der Waals surface area contributed by atoms with Crippen molar-refractivity contribution in [2.45, 2.75) is 44.1 Å². The Balaban J connectivity index is 0.00000115. The van der Waals surface area contributed by atoms with Gasteiger partial charge in [0.25, 0.3) is 0 Å². The van der Waals surface area contributed by atoms with E-state index in [1.807, 2.05) is 0 Å². The highest BCUT2D eigenvalue weighted by Crippen LogP contribution is 2.40. The van der Waals surface area contributed by atoms with Crippen molar-refractivity contribution in [1.29, 1.82) is 0 Å². The lowest BCUT2D eigenvalue weighted by Crippen LogP contribution is -2.30. The summed E-state index contributed by atoms with van der Waals surface area (Å²) in [5.74, 6) is 5.90. The van der Waals surface area contributed by atoms with Crippen LogP contribution in [0.2, 0.25) is 0 Å². The van der Waals surface area contributed by atoms with E-state index in [1.54, 1.807) is 24.4 Å². The fraction of sp³-hybridized carbons (Fsp3) is 0.407. The van der Waals surface area contributed by atoms with Gasteiger partial charge in [-0.2, -0.15) is 13.2 Å². The van der Waals surface area contributed by atoms with Crippen molar-refractivity contribution in [2.75, 3.05) is 43.0 Å². The Morgan fingerprint density at radius 3 is 2.53 bits per heavy atom. The molecular formula is C27H34F3N4PS. The molecule has 4 nitrogen and oxygen atoms in total. The molecule has 1 aromatic carbocycles. The molecule has 0 bridgehead atoms. The van der Waals surface area contributed by atoms with Crippen molar-refractivity contribution in [1.82, 2.24) is 9.72 Å². The Morgan fingerprint density at radius 2 is 1.86 bits per heavy atom. The molecule has 2 aromatic heterocycles. The van der Waals surface area contributed by atoms with Crippen LogP contribution < -0.4 is 21.7 Å². The minimum Gasteiger partial charge on any atom is -0.397 e. The summed E-state index contributed by atoms with van der Waals surface area (Å²) in [5, 5.41) is 8.22. The molecule has 1 aliphatic rings. The predicted molar refractivity (Wildman–Crippen MR) is 150 cm³/mol. The number of pyridine rings is 1. The van der Waals surface area contributed by atoms with Crippen LogP contribution in [-0.4, -0.2) is 41.9 Å².